The van der Waals surface area contributed by atoms with Crippen LogP contribution in [-0.2, 0) is 9.59 Å². The molecule has 28 heavy (non-hydrogen) atoms. The lowest BCUT2D eigenvalue weighted by Crippen LogP contribution is -2.56. The second kappa shape index (κ2) is 6.87. The van der Waals surface area contributed by atoms with Crippen LogP contribution in [0.3, 0.4) is 0 Å². The number of aliphatic hydroxyl groups excluding tert-OH is 2. The van der Waals surface area contributed by atoms with E-state index < -0.39 is 18.1 Å². The number of aliphatic hydroxyl groups is 2. The second-order valence-corrected chi connectivity index (χ2v) is 9.76. The Balaban J connectivity index is 1.73. The fourth-order valence-electron chi connectivity index (χ4n) is 7.55. The summed E-state index contributed by atoms with van der Waals surface area (Å²) < 4.78 is 0. The van der Waals surface area contributed by atoms with Gasteiger partial charge in [-0.2, -0.15) is 0 Å². The smallest absolute Gasteiger partial charge is 0.178 e. The van der Waals surface area contributed by atoms with Gasteiger partial charge in [0.1, 0.15) is 6.61 Å². The number of fused-ring (bicyclic) bond motifs is 5. The zero-order chi connectivity index (χ0) is 20.3. The Hall–Kier alpha value is -1.34. The van der Waals surface area contributed by atoms with Gasteiger partial charge in [-0.3, -0.25) is 9.59 Å². The minimum atomic E-state index is -0.576. The van der Waals surface area contributed by atoms with Gasteiger partial charge in [-0.05, 0) is 61.0 Å². The normalized spacial score (nSPS) is 47.2. The van der Waals surface area contributed by atoms with Crippen LogP contribution < -0.4 is 5.48 Å². The summed E-state index contributed by atoms with van der Waals surface area (Å²) >= 11 is 0. The zero-order valence-electron chi connectivity index (χ0n) is 16.6. The molecular weight excluding hydrogens is 358 g/mol. The Kier molecular flexibility index (Phi) is 4.90. The predicted octanol–water partition coefficient (Wildman–Crippen LogP) is 1.65. The molecule has 6 heteroatoms. The van der Waals surface area contributed by atoms with Crippen molar-refractivity contribution in [1.82, 2.24) is 5.48 Å². The average molecular weight is 389 g/mol. The van der Waals surface area contributed by atoms with E-state index in [1.165, 1.54) is 0 Å². The summed E-state index contributed by atoms with van der Waals surface area (Å²) in [5.74, 6) is -0.104. The molecule has 0 amide bonds. The van der Waals surface area contributed by atoms with Crippen molar-refractivity contribution in [3.05, 3.63) is 23.8 Å². The van der Waals surface area contributed by atoms with Crippen LogP contribution in [0.15, 0.2) is 23.8 Å². The third kappa shape index (κ3) is 2.69. The van der Waals surface area contributed by atoms with E-state index in [4.69, 9.17) is 0 Å². The molecule has 0 bridgehead atoms. The number of Topliss-reactive ketones (excluding diaryl/α,β-unsaturated/α-hetero) is 1. The molecule has 3 saturated carbocycles. The van der Waals surface area contributed by atoms with Crippen molar-refractivity contribution in [2.45, 2.75) is 45.6 Å². The van der Waals surface area contributed by atoms with Gasteiger partial charge in [0, 0.05) is 23.8 Å². The molecule has 4 aliphatic rings. The molecule has 4 aliphatic carbocycles. The third-order valence-corrected chi connectivity index (χ3v) is 8.53. The van der Waals surface area contributed by atoms with E-state index >= 15 is 0 Å². The molecule has 0 aromatic rings. The van der Waals surface area contributed by atoms with Gasteiger partial charge in [-0.15, -0.1) is 0 Å². The molecule has 0 unspecified atom stereocenters. The number of hydrogen-bond donors (Lipinski definition) is 4. The summed E-state index contributed by atoms with van der Waals surface area (Å²) in [6.07, 6.45) is 7.78. The Bertz CT molecular complexity index is 745. The zero-order valence-corrected chi connectivity index (χ0v) is 16.6. The lowest BCUT2D eigenvalue weighted by molar-refractivity contribution is -0.142. The molecule has 3 fully saturated rings. The molecule has 0 aromatic carbocycles. The fraction of sp³-hybridized carbons (Fsp3) is 0.727. The van der Waals surface area contributed by atoms with Crippen molar-refractivity contribution < 1.29 is 25.0 Å². The predicted molar refractivity (Wildman–Crippen MR) is 102 cm³/mol. The maximum Gasteiger partial charge on any atom is 0.178 e. The van der Waals surface area contributed by atoms with E-state index in [0.29, 0.717) is 13.0 Å². The molecule has 6 nitrogen and oxygen atoms in total. The number of rotatable bonds is 4. The van der Waals surface area contributed by atoms with Crippen LogP contribution in [0.5, 0.6) is 0 Å². The van der Waals surface area contributed by atoms with E-state index in [1.807, 2.05) is 6.08 Å². The molecule has 0 spiro atoms. The maximum absolute atomic E-state index is 12.7. The maximum atomic E-state index is 12.7. The molecular formula is C22H31NO5. The van der Waals surface area contributed by atoms with Crippen LogP contribution in [0.4, 0.5) is 0 Å². The van der Waals surface area contributed by atoms with Crippen LogP contribution >= 0.6 is 0 Å². The summed E-state index contributed by atoms with van der Waals surface area (Å²) in [6, 6.07) is 0. The molecule has 4 N–H and O–H groups in total. The van der Waals surface area contributed by atoms with E-state index in [0.717, 1.165) is 24.8 Å². The summed E-state index contributed by atoms with van der Waals surface area (Å²) in [7, 11) is 0. The van der Waals surface area contributed by atoms with Gasteiger partial charge in [0.05, 0.1) is 6.10 Å². The van der Waals surface area contributed by atoms with Gasteiger partial charge in [0.2, 0.25) is 0 Å². The highest BCUT2D eigenvalue weighted by Gasteiger charge is 2.64. The summed E-state index contributed by atoms with van der Waals surface area (Å²) in [6.45, 7) is 4.02. The second-order valence-electron chi connectivity index (χ2n) is 9.76. The lowest BCUT2D eigenvalue weighted by atomic mass is 9.46. The highest BCUT2D eigenvalue weighted by atomic mass is 16.5. The Morgan fingerprint density at radius 2 is 2.11 bits per heavy atom. The van der Waals surface area contributed by atoms with Crippen LogP contribution in [0.25, 0.3) is 0 Å². The van der Waals surface area contributed by atoms with Crippen LogP contribution in [-0.4, -0.2) is 46.2 Å². The van der Waals surface area contributed by atoms with E-state index in [1.54, 1.807) is 12.2 Å². The Morgan fingerprint density at radius 3 is 2.79 bits per heavy atom. The number of carbonyl (C=O) groups excluding carboxylic acids is 2. The van der Waals surface area contributed by atoms with Crippen molar-refractivity contribution in [2.24, 2.45) is 40.4 Å². The fourth-order valence-corrected chi connectivity index (χ4v) is 7.55. The quantitative estimate of drug-likeness (QED) is 0.545. The molecule has 4 rings (SSSR count). The van der Waals surface area contributed by atoms with E-state index in [9.17, 15) is 25.0 Å². The summed E-state index contributed by atoms with van der Waals surface area (Å²) in [5.41, 5.74) is 2.61. The summed E-state index contributed by atoms with van der Waals surface area (Å²) in [4.78, 5) is 24.5. The van der Waals surface area contributed by atoms with Crippen molar-refractivity contribution >= 4 is 11.6 Å². The van der Waals surface area contributed by atoms with Crippen LogP contribution in [0, 0.1) is 40.4 Å². The number of ketones is 2. The first-order valence-electron chi connectivity index (χ1n) is 10.4. The van der Waals surface area contributed by atoms with Crippen molar-refractivity contribution in [1.29, 1.82) is 0 Å². The third-order valence-electron chi connectivity index (χ3n) is 8.53. The van der Waals surface area contributed by atoms with E-state index in [2.05, 4.69) is 19.3 Å². The average Bonchev–Trinajstić information content (AvgIpc) is 2.93. The van der Waals surface area contributed by atoms with Gasteiger partial charge >= 0.3 is 0 Å². The first-order valence-corrected chi connectivity index (χ1v) is 10.4. The van der Waals surface area contributed by atoms with E-state index in [-0.39, 0.29) is 46.6 Å². The van der Waals surface area contributed by atoms with Gasteiger partial charge in [0.25, 0.3) is 0 Å². The topological polar surface area (TPSA) is 107 Å². The molecule has 0 saturated heterocycles. The molecule has 0 aliphatic heterocycles. The van der Waals surface area contributed by atoms with Gasteiger partial charge in [-0.25, -0.2) is 5.48 Å². The number of carbonyl (C=O) groups is 2. The first kappa shape index (κ1) is 20.0. The van der Waals surface area contributed by atoms with Crippen LogP contribution in [0.1, 0.15) is 39.5 Å². The molecule has 0 aromatic heterocycles. The van der Waals surface area contributed by atoms with Crippen molar-refractivity contribution in [3.8, 4) is 0 Å². The minimum Gasteiger partial charge on any atom is -0.393 e. The number of nitrogens with one attached hydrogen (secondary N) is 1. The minimum absolute atomic E-state index is 0.0145. The molecule has 154 valence electrons. The first-order chi connectivity index (χ1) is 13.3. The largest absolute Gasteiger partial charge is 0.393 e. The molecule has 0 heterocycles. The molecule has 0 radical (unpaired) electrons. The summed E-state index contributed by atoms with van der Waals surface area (Å²) in [5, 5.41) is 30.2. The Labute approximate surface area is 165 Å². The van der Waals surface area contributed by atoms with Gasteiger partial charge < -0.3 is 15.4 Å². The standard InChI is InChI=1S/C22H31NO5/c1-21-6-5-14(25)8-13(21)3-4-15-16-7-12(10-23-28)19(18(27)11-24)22(16,2)9-17(26)20(15)21/h5-6,8,12,15-17,19-20,23-24,26,28H,3-4,7,9-11H2,1-2H3/t12-,15-,16-,17-,19+,20+,21-,22-/m0/s1. The number of allylic oxidation sites excluding steroid dienone is 4. The SMILES string of the molecule is C[C@]12C[C@H](O)[C@H]3[C@@H](CCC4=CC(=O)C=C[C@@]43C)[C@@H]1C[C@@H](CNO)[C@@H]2C(=O)CO. The van der Waals surface area contributed by atoms with Crippen molar-refractivity contribution in [3.63, 3.8) is 0 Å². The lowest BCUT2D eigenvalue weighted by Gasteiger charge is -2.58. The highest BCUT2D eigenvalue weighted by molar-refractivity contribution is 6.01. The number of hydrogen-bond acceptors (Lipinski definition) is 6. The van der Waals surface area contributed by atoms with Gasteiger partial charge in [0.15, 0.2) is 11.6 Å². The Morgan fingerprint density at radius 1 is 1.36 bits per heavy atom. The van der Waals surface area contributed by atoms with Crippen molar-refractivity contribution in [2.75, 3.05) is 13.2 Å². The monoisotopic (exact) mass is 389 g/mol. The number of hydroxylamine groups is 1. The van der Waals surface area contributed by atoms with Gasteiger partial charge in [-0.1, -0.05) is 25.5 Å². The highest BCUT2D eigenvalue weighted by Crippen LogP contribution is 2.67. The molecule has 8 atom stereocenters. The van der Waals surface area contributed by atoms with Crippen LogP contribution in [0.2, 0.25) is 0 Å².